The average molecular weight is 382 g/mol. The van der Waals surface area contributed by atoms with Gasteiger partial charge in [0.25, 0.3) is 11.8 Å². The molecule has 0 bridgehead atoms. The number of carbonyl (C=O) groups excluding carboxylic acids is 2. The number of phenols is 1. The second kappa shape index (κ2) is 5.78. The van der Waals surface area contributed by atoms with E-state index in [1.54, 1.807) is 24.3 Å². The Kier molecular flexibility index (Phi) is 4.12. The second-order valence-corrected chi connectivity index (χ2v) is 7.39. The van der Waals surface area contributed by atoms with Crippen LogP contribution in [0.1, 0.15) is 17.9 Å². The number of benzene rings is 1. The Hall–Kier alpha value is -1.98. The summed E-state index contributed by atoms with van der Waals surface area (Å²) in [6.07, 6.45) is 3.38. The molecule has 2 amide bonds. The molecule has 1 aromatic carbocycles. The van der Waals surface area contributed by atoms with Gasteiger partial charge in [-0.25, -0.2) is 0 Å². The number of hydrogen-bond donors (Lipinski definition) is 1. The van der Waals surface area contributed by atoms with Crippen LogP contribution in [0.15, 0.2) is 42.5 Å². The molecular weight excluding hydrogens is 365 g/mol. The number of nitrogens with zero attached hydrogens (tertiary/aromatic N) is 1. The average Bonchev–Trinajstić information content (AvgIpc) is 2.74. The van der Waals surface area contributed by atoms with Gasteiger partial charge in [0, 0.05) is 18.5 Å². The maximum absolute atomic E-state index is 12.9. The van der Waals surface area contributed by atoms with Crippen LogP contribution in [0.4, 0.5) is 0 Å². The quantitative estimate of drug-likeness (QED) is 0.645. The van der Waals surface area contributed by atoms with Crippen molar-refractivity contribution in [3.8, 4) is 11.5 Å². The number of alkyl halides is 2. The Morgan fingerprint density at radius 2 is 2.04 bits per heavy atom. The Labute approximate surface area is 155 Å². The number of amides is 2. The Bertz CT molecular complexity index is 821. The molecule has 3 atom stereocenters. The lowest BCUT2D eigenvalue weighted by molar-refractivity contribution is -0.137. The first kappa shape index (κ1) is 17.8. The molecule has 0 radical (unpaired) electrons. The number of aromatic hydroxyl groups is 1. The molecule has 1 aromatic rings. The highest BCUT2D eigenvalue weighted by Crippen LogP contribution is 2.59. The Morgan fingerprint density at radius 1 is 1.36 bits per heavy atom. The molecule has 0 spiro atoms. The summed E-state index contributed by atoms with van der Waals surface area (Å²) in [4.78, 5) is 23.0. The molecule has 0 aromatic heterocycles. The van der Waals surface area contributed by atoms with Crippen LogP contribution < -0.4 is 4.74 Å². The van der Waals surface area contributed by atoms with E-state index in [4.69, 9.17) is 27.9 Å². The zero-order valence-corrected chi connectivity index (χ0v) is 15.3. The number of methoxy groups -OCH3 is 1. The molecule has 1 heterocycles. The number of imide groups is 1. The first-order chi connectivity index (χ1) is 11.7. The van der Waals surface area contributed by atoms with Crippen molar-refractivity contribution in [2.24, 2.45) is 0 Å². The van der Waals surface area contributed by atoms with Gasteiger partial charge in [0.15, 0.2) is 9.75 Å². The van der Waals surface area contributed by atoms with Gasteiger partial charge in [-0.2, -0.15) is 0 Å². The predicted molar refractivity (Wildman–Crippen MR) is 95.2 cm³/mol. The zero-order valence-electron chi connectivity index (χ0n) is 13.8. The van der Waals surface area contributed by atoms with Gasteiger partial charge in [-0.3, -0.25) is 14.5 Å². The van der Waals surface area contributed by atoms with Crippen molar-refractivity contribution in [3.05, 3.63) is 48.1 Å². The summed E-state index contributed by atoms with van der Waals surface area (Å²) in [5.41, 5.74) is 0.966. The van der Waals surface area contributed by atoms with Gasteiger partial charge in [0.05, 0.1) is 7.11 Å². The third-order valence-corrected chi connectivity index (χ3v) is 6.38. The van der Waals surface area contributed by atoms with E-state index < -0.39 is 27.5 Å². The fourth-order valence-corrected chi connectivity index (χ4v) is 4.53. The highest BCUT2D eigenvalue weighted by Gasteiger charge is 2.72. The van der Waals surface area contributed by atoms with E-state index in [1.165, 1.54) is 20.2 Å². The standard InChI is InChI=1S/C18H17Cl2NO4/c1-4-10-7-8-17(19)15(23)21(2)16(24)18(17,20)14(10)12-9-11(25-3)5-6-13(12)22/h4-7,9,14,22H,1,8H2,2-3H3/t14-,17-,18+/m1/s1. The van der Waals surface area contributed by atoms with Crippen molar-refractivity contribution in [2.45, 2.75) is 22.1 Å². The summed E-state index contributed by atoms with van der Waals surface area (Å²) in [5.74, 6) is -1.61. The monoisotopic (exact) mass is 381 g/mol. The van der Waals surface area contributed by atoms with E-state index in [9.17, 15) is 14.7 Å². The van der Waals surface area contributed by atoms with Crippen molar-refractivity contribution in [3.63, 3.8) is 0 Å². The number of likely N-dealkylation sites (tertiary alicyclic amines) is 1. The molecule has 3 rings (SSSR count). The van der Waals surface area contributed by atoms with Crippen molar-refractivity contribution < 1.29 is 19.4 Å². The number of halogens is 2. The smallest absolute Gasteiger partial charge is 0.253 e. The van der Waals surface area contributed by atoms with E-state index in [0.717, 1.165) is 4.90 Å². The maximum Gasteiger partial charge on any atom is 0.253 e. The number of fused-ring (bicyclic) bond motifs is 1. The molecule has 0 saturated carbocycles. The van der Waals surface area contributed by atoms with Gasteiger partial charge in [-0.1, -0.05) is 18.7 Å². The summed E-state index contributed by atoms with van der Waals surface area (Å²) < 4.78 is 5.21. The van der Waals surface area contributed by atoms with E-state index >= 15 is 0 Å². The van der Waals surface area contributed by atoms with E-state index in [-0.39, 0.29) is 12.2 Å². The minimum atomic E-state index is -1.78. The second-order valence-electron chi connectivity index (χ2n) is 6.15. The topological polar surface area (TPSA) is 66.8 Å². The van der Waals surface area contributed by atoms with Gasteiger partial charge in [0.1, 0.15) is 11.5 Å². The van der Waals surface area contributed by atoms with Crippen molar-refractivity contribution >= 4 is 35.0 Å². The highest BCUT2D eigenvalue weighted by atomic mass is 35.5. The van der Waals surface area contributed by atoms with E-state index in [0.29, 0.717) is 16.9 Å². The third kappa shape index (κ3) is 2.15. The number of rotatable bonds is 3. The summed E-state index contributed by atoms with van der Waals surface area (Å²) in [7, 11) is 2.84. The fraction of sp³-hybridized carbons (Fsp3) is 0.333. The molecule has 1 N–H and O–H groups in total. The van der Waals surface area contributed by atoms with Crippen LogP contribution in [0.25, 0.3) is 0 Å². The normalized spacial score (nSPS) is 31.6. The van der Waals surface area contributed by atoms with Crippen LogP contribution in [0, 0.1) is 0 Å². The van der Waals surface area contributed by atoms with Crippen LogP contribution in [-0.2, 0) is 9.59 Å². The molecule has 5 nitrogen and oxygen atoms in total. The van der Waals surface area contributed by atoms with Gasteiger partial charge in [0.2, 0.25) is 0 Å². The number of carbonyl (C=O) groups is 2. The van der Waals surface area contributed by atoms with Gasteiger partial charge < -0.3 is 9.84 Å². The maximum atomic E-state index is 12.9. The van der Waals surface area contributed by atoms with Gasteiger partial charge in [-0.15, -0.1) is 23.2 Å². The number of ether oxygens (including phenoxy) is 1. The zero-order chi connectivity index (χ0) is 18.6. The molecule has 0 unspecified atom stereocenters. The Morgan fingerprint density at radius 3 is 2.64 bits per heavy atom. The van der Waals surface area contributed by atoms with Crippen LogP contribution in [0.3, 0.4) is 0 Å². The minimum absolute atomic E-state index is 0.0747. The highest BCUT2D eigenvalue weighted by molar-refractivity contribution is 6.53. The van der Waals surface area contributed by atoms with E-state index in [2.05, 4.69) is 6.58 Å². The fourth-order valence-electron chi connectivity index (χ4n) is 3.61. The number of phenolic OH excluding ortho intramolecular Hbond substituents is 1. The van der Waals surface area contributed by atoms with Crippen LogP contribution in [0.2, 0.25) is 0 Å². The SMILES string of the molecule is C=CC1=CC[C@@]2(Cl)C(=O)N(C)C(=O)[C@@]2(Cl)[C@H]1c1cc(OC)ccc1O. The molecule has 7 heteroatoms. The Balaban J connectivity index is 2.31. The molecule has 1 aliphatic heterocycles. The molecule has 1 saturated heterocycles. The summed E-state index contributed by atoms with van der Waals surface area (Å²) >= 11 is 13.4. The molecule has 132 valence electrons. The molecular formula is C18H17Cl2NO4. The van der Waals surface area contributed by atoms with Crippen LogP contribution >= 0.6 is 23.2 Å². The summed E-state index contributed by atoms with van der Waals surface area (Å²) in [6.45, 7) is 3.77. The molecule has 2 aliphatic rings. The molecule has 25 heavy (non-hydrogen) atoms. The first-order valence-electron chi connectivity index (χ1n) is 7.62. The molecule has 1 aliphatic carbocycles. The molecule has 1 fully saturated rings. The predicted octanol–water partition coefficient (Wildman–Crippen LogP) is 2.95. The lowest BCUT2D eigenvalue weighted by atomic mass is 9.68. The van der Waals surface area contributed by atoms with Crippen molar-refractivity contribution in [2.75, 3.05) is 14.2 Å². The number of hydrogen-bond acceptors (Lipinski definition) is 4. The first-order valence-corrected chi connectivity index (χ1v) is 8.37. The van der Waals surface area contributed by atoms with Crippen LogP contribution in [-0.4, -0.2) is 45.7 Å². The minimum Gasteiger partial charge on any atom is -0.508 e. The van der Waals surface area contributed by atoms with Crippen molar-refractivity contribution in [1.82, 2.24) is 4.90 Å². The van der Waals surface area contributed by atoms with Gasteiger partial charge in [-0.05, 0) is 30.2 Å². The lowest BCUT2D eigenvalue weighted by Gasteiger charge is -2.42. The van der Waals surface area contributed by atoms with E-state index in [1.807, 2.05) is 0 Å². The summed E-state index contributed by atoms with van der Waals surface area (Å²) in [5, 5.41) is 10.4. The summed E-state index contributed by atoms with van der Waals surface area (Å²) in [6, 6.07) is 4.62. The van der Waals surface area contributed by atoms with Crippen LogP contribution in [0.5, 0.6) is 11.5 Å². The van der Waals surface area contributed by atoms with Crippen molar-refractivity contribution in [1.29, 1.82) is 0 Å². The van der Waals surface area contributed by atoms with Gasteiger partial charge >= 0.3 is 0 Å². The number of allylic oxidation sites excluding steroid dienone is 3. The third-order valence-electron chi connectivity index (χ3n) is 4.97. The largest absolute Gasteiger partial charge is 0.508 e. The lowest BCUT2D eigenvalue weighted by Crippen LogP contribution is -2.54.